The van der Waals surface area contributed by atoms with Crippen LogP contribution >= 0.6 is 0 Å². The molecule has 0 radical (unpaired) electrons. The first kappa shape index (κ1) is 13.5. The number of esters is 1. The lowest BCUT2D eigenvalue weighted by Crippen LogP contribution is -2.17. The molecule has 4 heteroatoms. The molecule has 1 unspecified atom stereocenters. The van der Waals surface area contributed by atoms with Crippen LogP contribution in [0.4, 0.5) is 5.69 Å². The second kappa shape index (κ2) is 6.91. The molecule has 17 heavy (non-hydrogen) atoms. The Morgan fingerprint density at radius 2 is 2.24 bits per heavy atom. The van der Waals surface area contributed by atoms with Crippen molar-refractivity contribution in [2.45, 2.75) is 25.9 Å². The number of nitrogens with two attached hydrogens (primary N) is 1. The van der Waals surface area contributed by atoms with Crippen LogP contribution in [0.2, 0.25) is 0 Å². The minimum absolute atomic E-state index is 0.0636. The molecule has 0 aromatic heterocycles. The Morgan fingerprint density at radius 3 is 2.88 bits per heavy atom. The molecule has 2 N–H and O–H groups in total. The molecule has 1 rings (SSSR count). The highest BCUT2D eigenvalue weighted by molar-refractivity contribution is 5.69. The van der Waals surface area contributed by atoms with Crippen LogP contribution in [0.5, 0.6) is 0 Å². The van der Waals surface area contributed by atoms with Crippen molar-refractivity contribution < 1.29 is 14.3 Å². The van der Waals surface area contributed by atoms with Gasteiger partial charge in [0, 0.05) is 19.2 Å². The van der Waals surface area contributed by atoms with Gasteiger partial charge in [-0.3, -0.25) is 4.79 Å². The van der Waals surface area contributed by atoms with Crippen LogP contribution in [0.15, 0.2) is 24.3 Å². The van der Waals surface area contributed by atoms with Gasteiger partial charge in [-0.1, -0.05) is 12.1 Å². The Bertz CT molecular complexity index is 365. The quantitative estimate of drug-likeness (QED) is 0.605. The summed E-state index contributed by atoms with van der Waals surface area (Å²) in [6.45, 7) is 2.15. The van der Waals surface area contributed by atoms with Crippen LogP contribution in [0.3, 0.4) is 0 Å². The number of carbonyl (C=O) groups is 1. The summed E-state index contributed by atoms with van der Waals surface area (Å²) < 4.78 is 10.0. The van der Waals surface area contributed by atoms with Gasteiger partial charge in [0.2, 0.25) is 0 Å². The number of benzene rings is 1. The Kier molecular flexibility index (Phi) is 5.49. The maximum absolute atomic E-state index is 11.4. The third-order valence-corrected chi connectivity index (χ3v) is 2.45. The fraction of sp³-hybridized carbons (Fsp3) is 0.462. The second-order valence-electron chi connectivity index (χ2n) is 3.97. The van der Waals surface area contributed by atoms with Crippen LogP contribution < -0.4 is 5.73 Å². The predicted molar refractivity (Wildman–Crippen MR) is 66.6 cm³/mol. The molecule has 1 atom stereocenters. The summed E-state index contributed by atoms with van der Waals surface area (Å²) >= 11 is 0. The summed E-state index contributed by atoms with van der Waals surface area (Å²) in [5.41, 5.74) is 7.40. The number of hydrogen-bond acceptors (Lipinski definition) is 4. The molecule has 0 spiro atoms. The SMILES string of the molecule is COC(C)COC(=O)CCc1cccc(N)c1. The molecule has 0 bridgehead atoms. The number of rotatable bonds is 6. The van der Waals surface area contributed by atoms with Crippen LogP contribution in [-0.4, -0.2) is 25.8 Å². The number of anilines is 1. The first-order chi connectivity index (χ1) is 8.11. The van der Waals surface area contributed by atoms with Crippen molar-refractivity contribution in [3.8, 4) is 0 Å². The Labute approximate surface area is 102 Å². The monoisotopic (exact) mass is 237 g/mol. The van der Waals surface area contributed by atoms with E-state index in [0.29, 0.717) is 25.1 Å². The first-order valence-electron chi connectivity index (χ1n) is 5.64. The maximum Gasteiger partial charge on any atom is 0.306 e. The number of nitrogen functional groups attached to an aromatic ring is 1. The van der Waals surface area contributed by atoms with Crippen molar-refractivity contribution in [2.75, 3.05) is 19.5 Å². The Balaban J connectivity index is 2.28. The van der Waals surface area contributed by atoms with Gasteiger partial charge < -0.3 is 15.2 Å². The number of carbonyl (C=O) groups excluding carboxylic acids is 1. The van der Waals surface area contributed by atoms with Gasteiger partial charge >= 0.3 is 5.97 Å². The molecule has 0 saturated carbocycles. The van der Waals surface area contributed by atoms with E-state index in [0.717, 1.165) is 5.56 Å². The lowest BCUT2D eigenvalue weighted by molar-refractivity contribution is -0.146. The van der Waals surface area contributed by atoms with Gasteiger partial charge in [-0.15, -0.1) is 0 Å². The van der Waals surface area contributed by atoms with E-state index >= 15 is 0 Å². The molecule has 94 valence electrons. The zero-order valence-corrected chi connectivity index (χ0v) is 10.3. The minimum Gasteiger partial charge on any atom is -0.463 e. The van der Waals surface area contributed by atoms with Crippen molar-refractivity contribution in [2.24, 2.45) is 0 Å². The summed E-state index contributed by atoms with van der Waals surface area (Å²) in [6, 6.07) is 7.51. The smallest absolute Gasteiger partial charge is 0.306 e. The molecule has 1 aromatic carbocycles. The van der Waals surface area contributed by atoms with Crippen molar-refractivity contribution in [3.63, 3.8) is 0 Å². The zero-order chi connectivity index (χ0) is 12.7. The Morgan fingerprint density at radius 1 is 1.47 bits per heavy atom. The summed E-state index contributed by atoms with van der Waals surface area (Å²) in [6.07, 6.45) is 0.941. The lowest BCUT2D eigenvalue weighted by Gasteiger charge is -2.10. The molecular formula is C13H19NO3. The standard InChI is InChI=1S/C13H19NO3/c1-10(16-2)9-17-13(15)7-6-11-4-3-5-12(14)8-11/h3-5,8,10H,6-7,9,14H2,1-2H3. The second-order valence-corrected chi connectivity index (χ2v) is 3.97. The average Bonchev–Trinajstić information content (AvgIpc) is 2.33. The summed E-state index contributed by atoms with van der Waals surface area (Å²) in [4.78, 5) is 11.4. The molecule has 0 heterocycles. The average molecular weight is 237 g/mol. The first-order valence-corrected chi connectivity index (χ1v) is 5.64. The predicted octanol–water partition coefficient (Wildman–Crippen LogP) is 1.78. The highest BCUT2D eigenvalue weighted by Gasteiger charge is 2.06. The molecule has 0 aliphatic rings. The third-order valence-electron chi connectivity index (χ3n) is 2.45. The minimum atomic E-state index is -0.212. The third kappa shape index (κ3) is 5.36. The fourth-order valence-corrected chi connectivity index (χ4v) is 1.35. The molecule has 0 aliphatic carbocycles. The molecule has 4 nitrogen and oxygen atoms in total. The van der Waals surface area contributed by atoms with Crippen molar-refractivity contribution in [1.82, 2.24) is 0 Å². The van der Waals surface area contributed by atoms with E-state index in [1.54, 1.807) is 7.11 Å². The Hall–Kier alpha value is -1.55. The van der Waals surface area contributed by atoms with E-state index < -0.39 is 0 Å². The fourth-order valence-electron chi connectivity index (χ4n) is 1.35. The van der Waals surface area contributed by atoms with Gasteiger partial charge in [0.05, 0.1) is 6.10 Å². The van der Waals surface area contributed by atoms with E-state index in [9.17, 15) is 4.79 Å². The zero-order valence-electron chi connectivity index (χ0n) is 10.3. The van der Waals surface area contributed by atoms with E-state index in [1.807, 2.05) is 31.2 Å². The van der Waals surface area contributed by atoms with Gasteiger partial charge in [-0.2, -0.15) is 0 Å². The summed E-state index contributed by atoms with van der Waals surface area (Å²) in [7, 11) is 1.59. The summed E-state index contributed by atoms with van der Waals surface area (Å²) in [5.74, 6) is -0.212. The van der Waals surface area contributed by atoms with Gasteiger partial charge in [-0.25, -0.2) is 0 Å². The molecule has 0 fully saturated rings. The van der Waals surface area contributed by atoms with Crippen LogP contribution in [0.1, 0.15) is 18.9 Å². The van der Waals surface area contributed by atoms with Crippen LogP contribution in [-0.2, 0) is 20.7 Å². The van der Waals surface area contributed by atoms with Crippen molar-refractivity contribution in [3.05, 3.63) is 29.8 Å². The van der Waals surface area contributed by atoms with Gasteiger partial charge in [0.15, 0.2) is 0 Å². The van der Waals surface area contributed by atoms with E-state index in [-0.39, 0.29) is 12.1 Å². The van der Waals surface area contributed by atoms with Crippen molar-refractivity contribution in [1.29, 1.82) is 0 Å². The number of ether oxygens (including phenoxy) is 2. The lowest BCUT2D eigenvalue weighted by atomic mass is 10.1. The van der Waals surface area contributed by atoms with E-state index in [1.165, 1.54) is 0 Å². The van der Waals surface area contributed by atoms with Gasteiger partial charge in [0.1, 0.15) is 6.61 Å². The highest BCUT2D eigenvalue weighted by atomic mass is 16.6. The molecule has 0 saturated heterocycles. The number of methoxy groups -OCH3 is 1. The van der Waals surface area contributed by atoms with Gasteiger partial charge in [-0.05, 0) is 31.0 Å². The summed E-state index contributed by atoms with van der Waals surface area (Å²) in [5, 5.41) is 0. The molecule has 0 amide bonds. The van der Waals surface area contributed by atoms with Gasteiger partial charge in [0.25, 0.3) is 0 Å². The molecule has 1 aromatic rings. The normalized spacial score (nSPS) is 12.1. The number of aryl methyl sites for hydroxylation is 1. The molecular weight excluding hydrogens is 218 g/mol. The highest BCUT2D eigenvalue weighted by Crippen LogP contribution is 2.09. The van der Waals surface area contributed by atoms with Crippen LogP contribution in [0, 0.1) is 0 Å². The van der Waals surface area contributed by atoms with Crippen molar-refractivity contribution >= 4 is 11.7 Å². The van der Waals surface area contributed by atoms with E-state index in [4.69, 9.17) is 15.2 Å². The van der Waals surface area contributed by atoms with E-state index in [2.05, 4.69) is 0 Å². The van der Waals surface area contributed by atoms with Crippen LogP contribution in [0.25, 0.3) is 0 Å². The topological polar surface area (TPSA) is 61.5 Å². The largest absolute Gasteiger partial charge is 0.463 e. The molecule has 0 aliphatic heterocycles. The number of hydrogen-bond donors (Lipinski definition) is 1. The maximum atomic E-state index is 11.4.